The van der Waals surface area contributed by atoms with Crippen LogP contribution in [0.2, 0.25) is 0 Å². The molecule has 0 bridgehead atoms. The van der Waals surface area contributed by atoms with Crippen molar-refractivity contribution in [2.45, 2.75) is 59.3 Å². The second-order valence-electron chi connectivity index (χ2n) is 5.42. The van der Waals surface area contributed by atoms with E-state index in [0.29, 0.717) is 70.5 Å². The first-order valence-corrected chi connectivity index (χ1v) is 17.3. The summed E-state index contributed by atoms with van der Waals surface area (Å²) in [6.07, 6.45) is 3.45. The summed E-state index contributed by atoms with van der Waals surface area (Å²) in [7, 11) is -9.41. The first kappa shape index (κ1) is 26.0. The van der Waals surface area contributed by atoms with E-state index in [9.17, 15) is 25.3 Å². The molecular weight excluding hydrogens is 443 g/mol. The quantitative estimate of drug-likeness (QED) is 0.262. The van der Waals surface area contributed by atoms with Crippen LogP contribution in [0.25, 0.3) is 0 Å². The van der Waals surface area contributed by atoms with Crippen LogP contribution in [0, 0.1) is 0 Å². The fourth-order valence-corrected chi connectivity index (χ4v) is 18.8. The molecule has 0 spiro atoms. The van der Waals surface area contributed by atoms with Crippen molar-refractivity contribution in [1.82, 2.24) is 0 Å². The predicted molar refractivity (Wildman–Crippen MR) is 115 cm³/mol. The van der Waals surface area contributed by atoms with Crippen molar-refractivity contribution in [3.63, 3.8) is 0 Å². The molecule has 150 valence electrons. The summed E-state index contributed by atoms with van der Waals surface area (Å²) < 4.78 is 71.7. The second-order valence-corrected chi connectivity index (χ2v) is 19.2. The third-order valence-corrected chi connectivity index (χ3v) is 16.4. The van der Waals surface area contributed by atoms with Crippen molar-refractivity contribution < 1.29 is 25.3 Å². The van der Waals surface area contributed by atoms with Crippen molar-refractivity contribution in [3.8, 4) is 0 Å². The molecule has 0 aliphatic rings. The molecule has 0 radical (unpaired) electrons. The van der Waals surface area contributed by atoms with Gasteiger partial charge in [0.05, 0.1) is 17.3 Å². The van der Waals surface area contributed by atoms with E-state index in [1.807, 2.05) is 20.8 Å². The van der Waals surface area contributed by atoms with Crippen LogP contribution < -0.4 is 0 Å². The Hall–Kier alpha value is 0.965. The maximum absolute atomic E-state index is 12.1. The van der Waals surface area contributed by atoms with Crippen LogP contribution in [0.5, 0.6) is 0 Å². The van der Waals surface area contributed by atoms with E-state index in [1.54, 1.807) is 0 Å². The third kappa shape index (κ3) is 13.7. The van der Waals surface area contributed by atoms with E-state index in [2.05, 4.69) is 0 Å². The minimum absolute atomic E-state index is 0.0875. The monoisotopic (exact) mass is 470 g/mol. The SMILES string of the molecule is CCCCS(=O)(=O)SB(SS(=O)(=O)CCCC)SS(=O)(=O)CCCC. The van der Waals surface area contributed by atoms with Crippen molar-refractivity contribution >= 4 is 63.1 Å². The molecule has 6 nitrogen and oxygen atoms in total. The van der Waals surface area contributed by atoms with Gasteiger partial charge in [-0.3, -0.25) is 0 Å². The molecule has 0 rings (SSSR count). The lowest BCUT2D eigenvalue weighted by Crippen LogP contribution is -2.16. The zero-order valence-electron chi connectivity index (χ0n) is 14.8. The fraction of sp³-hybridized carbons (Fsp3) is 1.00. The molecule has 0 atom stereocenters. The predicted octanol–water partition coefficient (Wildman–Crippen LogP) is 3.56. The Balaban J connectivity index is 5.24. The van der Waals surface area contributed by atoms with Gasteiger partial charge in [-0.15, -0.1) is 0 Å². The van der Waals surface area contributed by atoms with E-state index in [-0.39, 0.29) is 17.3 Å². The van der Waals surface area contributed by atoms with Gasteiger partial charge >= 0.3 is 4.55 Å². The van der Waals surface area contributed by atoms with E-state index >= 15 is 0 Å². The second kappa shape index (κ2) is 12.4. The molecule has 0 heterocycles. The lowest BCUT2D eigenvalue weighted by atomic mass is 10.4. The molecular formula is C12H27BO6S6. The molecule has 13 heteroatoms. The molecule has 0 N–H and O–H groups in total. The number of hydrogen-bond donors (Lipinski definition) is 0. The average Bonchev–Trinajstić information content (AvgIpc) is 2.47. The van der Waals surface area contributed by atoms with E-state index in [1.165, 1.54) is 0 Å². The minimum atomic E-state index is -3.58. The molecule has 0 amide bonds. The van der Waals surface area contributed by atoms with Gasteiger partial charge in [-0.25, -0.2) is 25.3 Å². The topological polar surface area (TPSA) is 102 Å². The van der Waals surface area contributed by atoms with Gasteiger partial charge in [-0.05, 0) is 19.3 Å². The van der Waals surface area contributed by atoms with Gasteiger partial charge in [-0.1, -0.05) is 72.0 Å². The van der Waals surface area contributed by atoms with Crippen LogP contribution in [-0.4, -0.2) is 47.1 Å². The van der Waals surface area contributed by atoms with Crippen LogP contribution >= 0.6 is 31.9 Å². The standard InChI is InChI=1S/C12H27BO6S6/c1-4-7-10-23(14,15)20-13(21-24(16,17)11-8-5-2)22-25(18,19)12-9-6-3/h4-12H2,1-3H3. The van der Waals surface area contributed by atoms with Gasteiger partial charge in [0.2, 0.25) is 0 Å². The molecule has 0 aromatic heterocycles. The highest BCUT2D eigenvalue weighted by Gasteiger charge is 2.35. The molecule has 0 saturated carbocycles. The van der Waals surface area contributed by atoms with Crippen molar-refractivity contribution in [2.75, 3.05) is 17.3 Å². The highest BCUT2D eigenvalue weighted by atomic mass is 33.2. The van der Waals surface area contributed by atoms with Crippen molar-refractivity contribution in [1.29, 1.82) is 0 Å². The summed E-state index contributed by atoms with van der Waals surface area (Å²) in [5.41, 5.74) is 0. The van der Waals surface area contributed by atoms with Gasteiger partial charge in [0.1, 0.15) is 0 Å². The minimum Gasteiger partial charge on any atom is -0.218 e. The molecule has 0 unspecified atom stereocenters. The van der Waals surface area contributed by atoms with Crippen molar-refractivity contribution in [3.05, 3.63) is 0 Å². The number of hydrogen-bond acceptors (Lipinski definition) is 9. The molecule has 25 heavy (non-hydrogen) atoms. The highest BCUT2D eigenvalue weighted by Crippen LogP contribution is 2.40. The van der Waals surface area contributed by atoms with Gasteiger partial charge in [-0.2, -0.15) is 0 Å². The molecule has 0 aromatic rings. The summed E-state index contributed by atoms with van der Waals surface area (Å²) in [6.45, 7) is 5.56. The molecule has 0 aliphatic carbocycles. The Morgan fingerprint density at radius 1 is 0.560 bits per heavy atom. The Bertz CT molecular complexity index is 578. The highest BCUT2D eigenvalue weighted by molar-refractivity contribution is 9.15. The van der Waals surface area contributed by atoms with Crippen molar-refractivity contribution in [2.24, 2.45) is 0 Å². The van der Waals surface area contributed by atoms with Crippen LogP contribution in [0.15, 0.2) is 0 Å². The zero-order valence-corrected chi connectivity index (χ0v) is 19.7. The fourth-order valence-electron chi connectivity index (χ4n) is 1.51. The first-order valence-electron chi connectivity index (χ1n) is 8.19. The van der Waals surface area contributed by atoms with Gasteiger partial charge in [0, 0.05) is 0 Å². The van der Waals surface area contributed by atoms with E-state index in [4.69, 9.17) is 0 Å². The van der Waals surface area contributed by atoms with Gasteiger partial charge in [0.25, 0.3) is 0 Å². The molecule has 0 fully saturated rings. The third-order valence-electron chi connectivity index (χ3n) is 2.92. The zero-order chi connectivity index (χ0) is 19.6. The lowest BCUT2D eigenvalue weighted by Gasteiger charge is -2.13. The first-order chi connectivity index (χ1) is 11.5. The Labute approximate surface area is 164 Å². The summed E-state index contributed by atoms with van der Waals surface area (Å²) in [5.74, 6) is -0.262. The van der Waals surface area contributed by atoms with E-state index < -0.39 is 31.2 Å². The van der Waals surface area contributed by atoms with Crippen LogP contribution in [0.4, 0.5) is 0 Å². The van der Waals surface area contributed by atoms with Crippen LogP contribution in [-0.2, 0) is 26.6 Å². The summed E-state index contributed by atoms with van der Waals surface area (Å²) in [4.78, 5) is 0. The van der Waals surface area contributed by atoms with Crippen LogP contribution in [0.1, 0.15) is 59.3 Å². The molecule has 0 saturated heterocycles. The molecule has 0 aromatic carbocycles. The molecule has 0 aliphatic heterocycles. The number of unbranched alkanes of at least 4 members (excludes halogenated alkanes) is 3. The maximum atomic E-state index is 12.1. The number of rotatable bonds is 15. The lowest BCUT2D eigenvalue weighted by molar-refractivity contribution is 0.606. The van der Waals surface area contributed by atoms with Gasteiger partial charge in [0.15, 0.2) is 26.6 Å². The smallest absolute Gasteiger partial charge is 0.218 e. The summed E-state index contributed by atoms with van der Waals surface area (Å²) in [6, 6.07) is 0. The Morgan fingerprint density at radius 2 is 0.800 bits per heavy atom. The average molecular weight is 471 g/mol. The van der Waals surface area contributed by atoms with Gasteiger partial charge < -0.3 is 0 Å². The normalized spacial score (nSPS) is 13.1. The summed E-state index contributed by atoms with van der Waals surface area (Å²) in [5, 5.41) is 0. The van der Waals surface area contributed by atoms with Crippen LogP contribution in [0.3, 0.4) is 0 Å². The Kier molecular flexibility index (Phi) is 12.9. The summed E-state index contributed by atoms with van der Waals surface area (Å²) >= 11 is 0. The maximum Gasteiger partial charge on any atom is 0.391 e. The van der Waals surface area contributed by atoms with E-state index in [0.717, 1.165) is 0 Å². The Morgan fingerprint density at radius 3 is 1.00 bits per heavy atom. The largest absolute Gasteiger partial charge is 0.391 e.